The SMILES string of the molecule is O=C(Nc1ccc(Cl)c(C(F)(F)F)c1)c1ccc(Br)c([N+](=O)[O-])c1. The maximum absolute atomic E-state index is 12.8. The molecule has 2 rings (SSSR count). The summed E-state index contributed by atoms with van der Waals surface area (Å²) in [5, 5.41) is 12.6. The predicted octanol–water partition coefficient (Wildman–Crippen LogP) is 5.28. The number of nitrogens with one attached hydrogen (secondary N) is 1. The van der Waals surface area contributed by atoms with Gasteiger partial charge in [-0.25, -0.2) is 0 Å². The summed E-state index contributed by atoms with van der Waals surface area (Å²) in [6.45, 7) is 0. The molecule has 1 amide bonds. The van der Waals surface area contributed by atoms with Crippen LogP contribution < -0.4 is 5.32 Å². The van der Waals surface area contributed by atoms with Crippen molar-refractivity contribution in [3.63, 3.8) is 0 Å². The lowest BCUT2D eigenvalue weighted by atomic mass is 10.1. The van der Waals surface area contributed by atoms with Crippen molar-refractivity contribution in [2.75, 3.05) is 5.32 Å². The molecule has 0 aliphatic rings. The molecular formula is C14H7BrClF3N2O3. The lowest BCUT2D eigenvalue weighted by Crippen LogP contribution is -2.13. The van der Waals surface area contributed by atoms with Crippen LogP contribution in [-0.2, 0) is 6.18 Å². The zero-order valence-electron chi connectivity index (χ0n) is 11.5. The van der Waals surface area contributed by atoms with Crippen LogP contribution in [0.25, 0.3) is 0 Å². The lowest BCUT2D eigenvalue weighted by molar-refractivity contribution is -0.385. The van der Waals surface area contributed by atoms with Crippen molar-refractivity contribution < 1.29 is 22.9 Å². The Hall–Kier alpha value is -2.13. The minimum atomic E-state index is -4.67. The van der Waals surface area contributed by atoms with Gasteiger partial charge in [0, 0.05) is 17.3 Å². The van der Waals surface area contributed by atoms with Gasteiger partial charge in [-0.05, 0) is 46.3 Å². The Balaban J connectivity index is 2.31. The number of alkyl halides is 3. The van der Waals surface area contributed by atoms with E-state index in [0.29, 0.717) is 6.07 Å². The second-order valence-corrected chi connectivity index (χ2v) is 5.83. The molecule has 2 aromatic rings. The normalized spacial score (nSPS) is 11.2. The molecule has 0 fully saturated rings. The Bertz CT molecular complexity index is 827. The summed E-state index contributed by atoms with van der Waals surface area (Å²) >= 11 is 8.47. The van der Waals surface area contributed by atoms with Crippen LogP contribution >= 0.6 is 27.5 Å². The summed E-state index contributed by atoms with van der Waals surface area (Å²) in [5.41, 5.74) is -1.64. The van der Waals surface area contributed by atoms with E-state index in [-0.39, 0.29) is 21.4 Å². The summed E-state index contributed by atoms with van der Waals surface area (Å²) in [7, 11) is 0. The summed E-state index contributed by atoms with van der Waals surface area (Å²) < 4.78 is 38.6. The van der Waals surface area contributed by atoms with Crippen LogP contribution in [0.3, 0.4) is 0 Å². The van der Waals surface area contributed by atoms with Gasteiger partial charge in [0.05, 0.1) is 20.0 Å². The minimum absolute atomic E-state index is 0.0755. The van der Waals surface area contributed by atoms with Crippen molar-refractivity contribution in [2.45, 2.75) is 6.18 Å². The van der Waals surface area contributed by atoms with Crippen molar-refractivity contribution in [1.82, 2.24) is 0 Å². The molecular weight excluding hydrogens is 417 g/mol. The molecule has 0 spiro atoms. The number of carbonyl (C=O) groups is 1. The molecule has 126 valence electrons. The molecule has 10 heteroatoms. The summed E-state index contributed by atoms with van der Waals surface area (Å²) in [4.78, 5) is 22.2. The monoisotopic (exact) mass is 422 g/mol. The number of nitrogens with zero attached hydrogens (tertiary/aromatic N) is 1. The van der Waals surface area contributed by atoms with Gasteiger partial charge in [-0.1, -0.05) is 11.6 Å². The molecule has 0 bridgehead atoms. The van der Waals surface area contributed by atoms with Gasteiger partial charge < -0.3 is 5.32 Å². The van der Waals surface area contributed by atoms with Crippen molar-refractivity contribution in [3.05, 3.63) is 67.1 Å². The second-order valence-electron chi connectivity index (χ2n) is 4.57. The molecule has 0 radical (unpaired) electrons. The molecule has 0 aliphatic carbocycles. The number of carbonyl (C=O) groups excluding carboxylic acids is 1. The third-order valence-corrected chi connectivity index (χ3v) is 3.93. The Morgan fingerprint density at radius 1 is 1.21 bits per heavy atom. The zero-order chi connectivity index (χ0) is 18.1. The van der Waals surface area contributed by atoms with E-state index in [1.54, 1.807) is 0 Å². The fourth-order valence-corrected chi connectivity index (χ4v) is 2.43. The number of nitro benzene ring substituents is 1. The maximum atomic E-state index is 12.8. The maximum Gasteiger partial charge on any atom is 0.417 e. The van der Waals surface area contributed by atoms with Crippen LogP contribution in [0.2, 0.25) is 5.02 Å². The zero-order valence-corrected chi connectivity index (χ0v) is 13.9. The van der Waals surface area contributed by atoms with Gasteiger partial charge in [-0.2, -0.15) is 13.2 Å². The van der Waals surface area contributed by atoms with Crippen LogP contribution in [-0.4, -0.2) is 10.8 Å². The number of halogens is 5. The first-order chi connectivity index (χ1) is 11.1. The number of hydrogen-bond acceptors (Lipinski definition) is 3. The smallest absolute Gasteiger partial charge is 0.322 e. The molecule has 0 unspecified atom stereocenters. The molecule has 0 aliphatic heterocycles. The first-order valence-corrected chi connectivity index (χ1v) is 7.38. The van der Waals surface area contributed by atoms with Gasteiger partial charge in [0.25, 0.3) is 11.6 Å². The van der Waals surface area contributed by atoms with E-state index in [1.807, 2.05) is 0 Å². The molecule has 1 N–H and O–H groups in total. The topological polar surface area (TPSA) is 72.2 Å². The molecule has 0 aromatic heterocycles. The lowest BCUT2D eigenvalue weighted by Gasteiger charge is -2.12. The first-order valence-electron chi connectivity index (χ1n) is 6.21. The first kappa shape index (κ1) is 18.2. The van der Waals surface area contributed by atoms with E-state index in [0.717, 1.165) is 12.1 Å². The Morgan fingerprint density at radius 2 is 1.88 bits per heavy atom. The van der Waals surface area contributed by atoms with Crippen molar-refractivity contribution >= 4 is 44.8 Å². The standard InChI is InChI=1S/C14H7BrClF3N2O3/c15-10-3-1-7(5-12(10)21(23)24)13(22)20-8-2-4-11(16)9(6-8)14(17,18)19/h1-6H,(H,20,22). The Morgan fingerprint density at radius 3 is 2.46 bits per heavy atom. The number of amides is 1. The Labute approximate surface area is 146 Å². The number of nitro groups is 1. The van der Waals surface area contributed by atoms with Gasteiger partial charge in [0.2, 0.25) is 0 Å². The van der Waals surface area contributed by atoms with Gasteiger partial charge in [-0.3, -0.25) is 14.9 Å². The number of benzene rings is 2. The van der Waals surface area contributed by atoms with Crippen LogP contribution in [0, 0.1) is 10.1 Å². The van der Waals surface area contributed by atoms with Crippen molar-refractivity contribution in [2.24, 2.45) is 0 Å². The quantitative estimate of drug-likeness (QED) is 0.539. The molecule has 0 heterocycles. The number of hydrogen-bond donors (Lipinski definition) is 1. The highest BCUT2D eigenvalue weighted by Crippen LogP contribution is 2.36. The number of anilines is 1. The molecule has 5 nitrogen and oxygen atoms in total. The highest BCUT2D eigenvalue weighted by molar-refractivity contribution is 9.10. The molecule has 0 atom stereocenters. The number of rotatable bonds is 3. The van der Waals surface area contributed by atoms with Gasteiger partial charge in [-0.15, -0.1) is 0 Å². The van der Waals surface area contributed by atoms with Crippen LogP contribution in [0.4, 0.5) is 24.5 Å². The minimum Gasteiger partial charge on any atom is -0.322 e. The highest BCUT2D eigenvalue weighted by atomic mass is 79.9. The fraction of sp³-hybridized carbons (Fsp3) is 0.0714. The predicted molar refractivity (Wildman–Crippen MR) is 85.2 cm³/mol. The van der Waals surface area contributed by atoms with E-state index < -0.39 is 27.6 Å². The molecule has 24 heavy (non-hydrogen) atoms. The van der Waals surface area contributed by atoms with Crippen LogP contribution in [0.1, 0.15) is 15.9 Å². The third-order valence-electron chi connectivity index (χ3n) is 2.93. The molecule has 0 saturated heterocycles. The van der Waals surface area contributed by atoms with Gasteiger partial charge in [0.1, 0.15) is 0 Å². The van der Waals surface area contributed by atoms with E-state index >= 15 is 0 Å². The van der Waals surface area contributed by atoms with Crippen LogP contribution in [0.5, 0.6) is 0 Å². The highest BCUT2D eigenvalue weighted by Gasteiger charge is 2.33. The van der Waals surface area contributed by atoms with E-state index in [1.165, 1.54) is 18.2 Å². The summed E-state index contributed by atoms with van der Waals surface area (Å²) in [6.07, 6.45) is -4.67. The van der Waals surface area contributed by atoms with Crippen molar-refractivity contribution in [3.8, 4) is 0 Å². The van der Waals surface area contributed by atoms with Gasteiger partial charge >= 0.3 is 6.18 Å². The molecule has 0 saturated carbocycles. The molecule has 2 aromatic carbocycles. The van der Waals surface area contributed by atoms with E-state index in [2.05, 4.69) is 21.2 Å². The summed E-state index contributed by atoms with van der Waals surface area (Å²) in [5.74, 6) is -0.791. The van der Waals surface area contributed by atoms with E-state index in [9.17, 15) is 28.1 Å². The average molecular weight is 424 g/mol. The van der Waals surface area contributed by atoms with Gasteiger partial charge in [0.15, 0.2) is 0 Å². The fourth-order valence-electron chi connectivity index (χ4n) is 1.82. The van der Waals surface area contributed by atoms with Crippen LogP contribution in [0.15, 0.2) is 40.9 Å². The largest absolute Gasteiger partial charge is 0.417 e. The third kappa shape index (κ3) is 4.04. The second kappa shape index (κ2) is 6.78. The van der Waals surface area contributed by atoms with Crippen molar-refractivity contribution in [1.29, 1.82) is 0 Å². The van der Waals surface area contributed by atoms with E-state index in [4.69, 9.17) is 11.6 Å². The summed E-state index contributed by atoms with van der Waals surface area (Å²) in [6, 6.07) is 6.50. The Kier molecular flexibility index (Phi) is 5.14. The average Bonchev–Trinajstić information content (AvgIpc) is 2.48.